The van der Waals surface area contributed by atoms with Crippen LogP contribution >= 0.6 is 0 Å². The maximum absolute atomic E-state index is 12.4. The Labute approximate surface area is 134 Å². The number of benzene rings is 2. The van der Waals surface area contributed by atoms with Crippen LogP contribution in [-0.2, 0) is 14.8 Å². The molecule has 7 heteroatoms. The summed E-state index contributed by atoms with van der Waals surface area (Å²) in [5, 5.41) is 8.62. The zero-order valence-electron chi connectivity index (χ0n) is 12.3. The second-order valence-corrected chi connectivity index (χ2v) is 6.26. The fraction of sp³-hybridized carbons (Fsp3) is 0.0625. The van der Waals surface area contributed by atoms with Crippen LogP contribution in [0, 0.1) is 0 Å². The van der Waals surface area contributed by atoms with Crippen molar-refractivity contribution < 1.29 is 23.1 Å². The molecule has 0 bridgehead atoms. The summed E-state index contributed by atoms with van der Waals surface area (Å²) in [6.07, 6.45) is 2.27. The van der Waals surface area contributed by atoms with Crippen molar-refractivity contribution in [1.82, 2.24) is 0 Å². The number of carboxylic acids is 1. The lowest BCUT2D eigenvalue weighted by Gasteiger charge is -2.09. The van der Waals surface area contributed by atoms with Crippen molar-refractivity contribution in [3.63, 3.8) is 0 Å². The van der Waals surface area contributed by atoms with Gasteiger partial charge in [-0.3, -0.25) is 4.72 Å². The summed E-state index contributed by atoms with van der Waals surface area (Å²) in [7, 11) is -2.29. The topological polar surface area (TPSA) is 92.7 Å². The summed E-state index contributed by atoms with van der Waals surface area (Å²) < 4.78 is 32.3. The lowest BCUT2D eigenvalue weighted by Crippen LogP contribution is -2.13. The van der Waals surface area contributed by atoms with E-state index >= 15 is 0 Å². The van der Waals surface area contributed by atoms with Gasteiger partial charge in [0.15, 0.2) is 0 Å². The SMILES string of the molecule is COc1cccc(NS(=O)(=O)c2cccc(/C=C/C(=O)O)c2)c1. The summed E-state index contributed by atoms with van der Waals surface area (Å²) in [5.41, 5.74) is 0.844. The monoisotopic (exact) mass is 333 g/mol. The lowest BCUT2D eigenvalue weighted by molar-refractivity contribution is -0.131. The fourth-order valence-electron chi connectivity index (χ4n) is 1.85. The molecule has 0 aliphatic rings. The van der Waals surface area contributed by atoms with Gasteiger partial charge in [-0.1, -0.05) is 18.2 Å². The molecule has 0 atom stereocenters. The van der Waals surface area contributed by atoms with Crippen molar-refractivity contribution in [2.75, 3.05) is 11.8 Å². The van der Waals surface area contributed by atoms with Crippen LogP contribution in [0.4, 0.5) is 5.69 Å². The number of hydrogen-bond acceptors (Lipinski definition) is 4. The summed E-state index contributed by atoms with van der Waals surface area (Å²) in [6.45, 7) is 0. The maximum Gasteiger partial charge on any atom is 0.328 e. The standard InChI is InChI=1S/C16H15NO5S/c1-22-14-6-3-5-13(11-14)17-23(20,21)15-7-2-4-12(10-15)8-9-16(18)19/h2-11,17H,1H3,(H,18,19)/b9-8+. The van der Waals surface area contributed by atoms with Gasteiger partial charge in [0.25, 0.3) is 10.0 Å². The summed E-state index contributed by atoms with van der Waals surface area (Å²) in [6, 6.07) is 12.5. The third-order valence-corrected chi connectivity index (χ3v) is 4.29. The number of sulfonamides is 1. The zero-order valence-corrected chi connectivity index (χ0v) is 13.1. The number of ether oxygens (including phenoxy) is 1. The van der Waals surface area contributed by atoms with E-state index in [1.165, 1.54) is 25.3 Å². The third-order valence-electron chi connectivity index (χ3n) is 2.91. The molecular weight excluding hydrogens is 318 g/mol. The Bertz CT molecular complexity index is 843. The number of anilines is 1. The molecule has 0 spiro atoms. The number of hydrogen-bond donors (Lipinski definition) is 2. The van der Waals surface area contributed by atoms with Crippen LogP contribution in [0.3, 0.4) is 0 Å². The van der Waals surface area contributed by atoms with E-state index in [-0.39, 0.29) is 4.90 Å². The molecule has 0 saturated heterocycles. The zero-order chi connectivity index (χ0) is 16.9. The number of carbonyl (C=O) groups is 1. The van der Waals surface area contributed by atoms with E-state index in [4.69, 9.17) is 9.84 Å². The first-order chi connectivity index (χ1) is 10.9. The highest BCUT2D eigenvalue weighted by Crippen LogP contribution is 2.21. The summed E-state index contributed by atoms with van der Waals surface area (Å²) in [4.78, 5) is 10.6. The van der Waals surface area contributed by atoms with Crippen molar-refractivity contribution in [3.05, 3.63) is 60.2 Å². The van der Waals surface area contributed by atoms with Gasteiger partial charge in [0.2, 0.25) is 0 Å². The molecule has 6 nitrogen and oxygen atoms in total. The molecule has 0 aromatic heterocycles. The molecule has 0 radical (unpaired) electrons. The van der Waals surface area contributed by atoms with E-state index in [2.05, 4.69) is 4.72 Å². The molecule has 0 saturated carbocycles. The van der Waals surface area contributed by atoms with Crippen molar-refractivity contribution >= 4 is 27.8 Å². The Balaban J connectivity index is 2.28. The quantitative estimate of drug-likeness (QED) is 0.793. The fourth-order valence-corrected chi connectivity index (χ4v) is 2.96. The van der Waals surface area contributed by atoms with E-state index in [0.29, 0.717) is 17.0 Å². The second-order valence-electron chi connectivity index (χ2n) is 4.58. The van der Waals surface area contributed by atoms with E-state index in [9.17, 15) is 13.2 Å². The van der Waals surface area contributed by atoms with Gasteiger partial charge in [-0.05, 0) is 35.9 Å². The van der Waals surface area contributed by atoms with Crippen LogP contribution in [0.15, 0.2) is 59.5 Å². The average molecular weight is 333 g/mol. The van der Waals surface area contributed by atoms with E-state index in [1.807, 2.05) is 0 Å². The first kappa shape index (κ1) is 16.6. The van der Waals surface area contributed by atoms with Gasteiger partial charge in [0, 0.05) is 12.1 Å². The first-order valence-corrected chi connectivity index (χ1v) is 8.07. The van der Waals surface area contributed by atoms with Gasteiger partial charge < -0.3 is 9.84 Å². The molecular formula is C16H15NO5S. The molecule has 120 valence electrons. The molecule has 2 aromatic rings. The van der Waals surface area contributed by atoms with Crippen LogP contribution in [-0.4, -0.2) is 26.6 Å². The van der Waals surface area contributed by atoms with Crippen molar-refractivity contribution in [3.8, 4) is 5.75 Å². The molecule has 0 heterocycles. The van der Waals surface area contributed by atoms with Gasteiger partial charge in [-0.25, -0.2) is 13.2 Å². The van der Waals surface area contributed by atoms with Crippen molar-refractivity contribution in [2.45, 2.75) is 4.90 Å². The van der Waals surface area contributed by atoms with Gasteiger partial charge in [0.1, 0.15) is 5.75 Å². The predicted molar refractivity (Wildman–Crippen MR) is 86.9 cm³/mol. The van der Waals surface area contributed by atoms with Crippen molar-refractivity contribution in [1.29, 1.82) is 0 Å². The summed E-state index contributed by atoms with van der Waals surface area (Å²) in [5.74, 6) is -0.573. The predicted octanol–water partition coefficient (Wildman–Crippen LogP) is 2.59. The van der Waals surface area contributed by atoms with Crippen LogP contribution in [0.1, 0.15) is 5.56 Å². The number of rotatable bonds is 6. The number of carboxylic acid groups (broad SMARTS) is 1. The maximum atomic E-state index is 12.4. The minimum absolute atomic E-state index is 0.0351. The molecule has 0 aliphatic carbocycles. The largest absolute Gasteiger partial charge is 0.497 e. The average Bonchev–Trinajstić information content (AvgIpc) is 2.53. The number of methoxy groups -OCH3 is 1. The van der Waals surface area contributed by atoms with E-state index in [1.54, 1.807) is 36.4 Å². The van der Waals surface area contributed by atoms with E-state index < -0.39 is 16.0 Å². The Morgan fingerprint density at radius 1 is 1.17 bits per heavy atom. The minimum Gasteiger partial charge on any atom is -0.497 e. The molecule has 0 aliphatic heterocycles. The van der Waals surface area contributed by atoms with Gasteiger partial charge in [-0.2, -0.15) is 0 Å². The number of nitrogens with one attached hydrogen (secondary N) is 1. The van der Waals surface area contributed by atoms with Gasteiger partial charge in [0.05, 0.1) is 17.7 Å². The molecule has 2 N–H and O–H groups in total. The van der Waals surface area contributed by atoms with E-state index in [0.717, 1.165) is 6.08 Å². The van der Waals surface area contributed by atoms with Crippen LogP contribution < -0.4 is 9.46 Å². The summed E-state index contributed by atoms with van der Waals surface area (Å²) >= 11 is 0. The van der Waals surface area contributed by atoms with Gasteiger partial charge >= 0.3 is 5.97 Å². The molecule has 0 fully saturated rings. The molecule has 0 unspecified atom stereocenters. The molecule has 0 amide bonds. The Morgan fingerprint density at radius 2 is 1.91 bits per heavy atom. The molecule has 2 rings (SSSR count). The normalized spacial score (nSPS) is 11.3. The highest BCUT2D eigenvalue weighted by atomic mass is 32.2. The van der Waals surface area contributed by atoms with Crippen LogP contribution in [0.25, 0.3) is 6.08 Å². The smallest absolute Gasteiger partial charge is 0.328 e. The molecule has 23 heavy (non-hydrogen) atoms. The Hall–Kier alpha value is -2.80. The van der Waals surface area contributed by atoms with Gasteiger partial charge in [-0.15, -0.1) is 0 Å². The lowest BCUT2D eigenvalue weighted by atomic mass is 10.2. The van der Waals surface area contributed by atoms with Crippen molar-refractivity contribution in [2.24, 2.45) is 0 Å². The molecule has 2 aromatic carbocycles. The second kappa shape index (κ2) is 6.97. The van der Waals surface area contributed by atoms with Crippen LogP contribution in [0.5, 0.6) is 5.75 Å². The highest BCUT2D eigenvalue weighted by Gasteiger charge is 2.14. The Morgan fingerprint density at radius 3 is 2.61 bits per heavy atom. The minimum atomic E-state index is -3.79. The highest BCUT2D eigenvalue weighted by molar-refractivity contribution is 7.92. The third kappa shape index (κ3) is 4.58. The van der Waals surface area contributed by atoms with Crippen LogP contribution in [0.2, 0.25) is 0 Å². The number of aliphatic carboxylic acids is 1. The Kier molecular flexibility index (Phi) is 5.02. The first-order valence-electron chi connectivity index (χ1n) is 6.59.